The summed E-state index contributed by atoms with van der Waals surface area (Å²) in [7, 11) is 0. The molecule has 0 heterocycles. The Hall–Kier alpha value is -1.06. The lowest BCUT2D eigenvalue weighted by Crippen LogP contribution is -2.28. The molecular formula is C12H19NO2. The Balaban J connectivity index is 2.73. The molecule has 3 nitrogen and oxygen atoms in total. The maximum absolute atomic E-state index is 9.70. The molecule has 0 spiro atoms. The first-order valence-corrected chi connectivity index (χ1v) is 5.18. The van der Waals surface area contributed by atoms with Gasteiger partial charge in [-0.25, -0.2) is 0 Å². The minimum absolute atomic E-state index is 0.0472. The second-order valence-electron chi connectivity index (χ2n) is 4.03. The highest BCUT2D eigenvalue weighted by molar-refractivity contribution is 5.40. The van der Waals surface area contributed by atoms with Crippen LogP contribution in [-0.4, -0.2) is 22.9 Å². The molecule has 0 aliphatic heterocycles. The SMILES string of the molecule is Cc1cc(O)c(CN[C@@H](C)CO)cc1C. The lowest BCUT2D eigenvalue weighted by Gasteiger charge is -2.13. The van der Waals surface area contributed by atoms with Gasteiger partial charge in [0.15, 0.2) is 0 Å². The zero-order chi connectivity index (χ0) is 11.4. The Bertz CT molecular complexity index is 337. The van der Waals surface area contributed by atoms with Crippen LogP contribution in [0.15, 0.2) is 12.1 Å². The molecule has 1 rings (SSSR count). The number of aliphatic hydroxyl groups excluding tert-OH is 1. The third kappa shape index (κ3) is 3.22. The van der Waals surface area contributed by atoms with Crippen LogP contribution in [0, 0.1) is 13.8 Å². The van der Waals surface area contributed by atoms with Crippen molar-refractivity contribution in [2.75, 3.05) is 6.61 Å². The molecule has 1 aromatic rings. The molecule has 0 amide bonds. The van der Waals surface area contributed by atoms with Crippen molar-refractivity contribution in [3.05, 3.63) is 28.8 Å². The first-order chi connectivity index (χ1) is 7.04. The third-order valence-electron chi connectivity index (χ3n) is 2.61. The Kier molecular flexibility index (Phi) is 4.12. The van der Waals surface area contributed by atoms with E-state index in [0.29, 0.717) is 12.3 Å². The summed E-state index contributed by atoms with van der Waals surface area (Å²) in [4.78, 5) is 0. The van der Waals surface area contributed by atoms with Gasteiger partial charge in [0.25, 0.3) is 0 Å². The summed E-state index contributed by atoms with van der Waals surface area (Å²) in [6, 6.07) is 3.79. The van der Waals surface area contributed by atoms with Crippen molar-refractivity contribution in [2.24, 2.45) is 0 Å². The van der Waals surface area contributed by atoms with Gasteiger partial charge in [-0.05, 0) is 38.0 Å². The Labute approximate surface area is 90.8 Å². The standard InChI is InChI=1S/C12H19NO2/c1-8-4-11(6-13-10(3)7-14)12(15)5-9(8)2/h4-5,10,13-15H,6-7H2,1-3H3/t10-/m0/s1. The average molecular weight is 209 g/mol. The van der Waals surface area contributed by atoms with E-state index in [1.807, 2.05) is 26.8 Å². The number of aryl methyl sites for hydroxylation is 2. The van der Waals surface area contributed by atoms with Crippen molar-refractivity contribution in [3.63, 3.8) is 0 Å². The molecule has 0 unspecified atom stereocenters. The van der Waals surface area contributed by atoms with Gasteiger partial charge in [-0.1, -0.05) is 6.07 Å². The summed E-state index contributed by atoms with van der Waals surface area (Å²) < 4.78 is 0. The van der Waals surface area contributed by atoms with Gasteiger partial charge in [0.1, 0.15) is 5.75 Å². The molecule has 0 bridgehead atoms. The molecule has 0 aliphatic rings. The fourth-order valence-electron chi connectivity index (χ4n) is 1.35. The predicted octanol–water partition coefficient (Wildman–Crippen LogP) is 1.48. The van der Waals surface area contributed by atoms with E-state index >= 15 is 0 Å². The number of phenols is 1. The minimum atomic E-state index is 0.0472. The minimum Gasteiger partial charge on any atom is -0.508 e. The number of hydrogen-bond acceptors (Lipinski definition) is 3. The topological polar surface area (TPSA) is 52.5 Å². The van der Waals surface area contributed by atoms with Gasteiger partial charge in [-0.2, -0.15) is 0 Å². The van der Waals surface area contributed by atoms with Crippen molar-refractivity contribution in [1.29, 1.82) is 0 Å². The zero-order valence-corrected chi connectivity index (χ0v) is 9.54. The maximum Gasteiger partial charge on any atom is 0.120 e. The normalized spacial score (nSPS) is 12.8. The summed E-state index contributed by atoms with van der Waals surface area (Å²) in [5.41, 5.74) is 3.13. The van der Waals surface area contributed by atoms with E-state index in [4.69, 9.17) is 5.11 Å². The van der Waals surface area contributed by atoms with Gasteiger partial charge in [0, 0.05) is 18.2 Å². The van der Waals surface area contributed by atoms with Gasteiger partial charge in [-0.15, -0.1) is 0 Å². The number of phenolic OH excluding ortho intramolecular Hbond substituents is 1. The van der Waals surface area contributed by atoms with E-state index in [1.54, 1.807) is 6.07 Å². The number of aromatic hydroxyl groups is 1. The number of rotatable bonds is 4. The van der Waals surface area contributed by atoms with Gasteiger partial charge in [0.2, 0.25) is 0 Å². The summed E-state index contributed by atoms with van der Waals surface area (Å²) in [6.45, 7) is 6.58. The lowest BCUT2D eigenvalue weighted by molar-refractivity contribution is 0.250. The first-order valence-electron chi connectivity index (χ1n) is 5.18. The molecule has 3 N–H and O–H groups in total. The molecule has 0 aliphatic carbocycles. The Morgan fingerprint density at radius 1 is 1.27 bits per heavy atom. The van der Waals surface area contributed by atoms with Crippen LogP contribution in [0.5, 0.6) is 5.75 Å². The van der Waals surface area contributed by atoms with E-state index in [-0.39, 0.29) is 12.6 Å². The van der Waals surface area contributed by atoms with Crippen molar-refractivity contribution >= 4 is 0 Å². The molecule has 0 saturated heterocycles. The van der Waals surface area contributed by atoms with E-state index < -0.39 is 0 Å². The van der Waals surface area contributed by atoms with Crippen LogP contribution in [0.3, 0.4) is 0 Å². The lowest BCUT2D eigenvalue weighted by atomic mass is 10.0. The quantitative estimate of drug-likeness (QED) is 0.704. The molecule has 0 saturated carbocycles. The van der Waals surface area contributed by atoms with Crippen molar-refractivity contribution < 1.29 is 10.2 Å². The van der Waals surface area contributed by atoms with Gasteiger partial charge in [-0.3, -0.25) is 0 Å². The molecule has 3 heteroatoms. The van der Waals surface area contributed by atoms with Crippen LogP contribution in [-0.2, 0) is 6.54 Å². The maximum atomic E-state index is 9.70. The van der Waals surface area contributed by atoms with E-state index in [1.165, 1.54) is 5.56 Å². The summed E-state index contributed by atoms with van der Waals surface area (Å²) >= 11 is 0. The highest BCUT2D eigenvalue weighted by Crippen LogP contribution is 2.21. The van der Waals surface area contributed by atoms with E-state index in [9.17, 15) is 5.11 Å². The van der Waals surface area contributed by atoms with E-state index in [2.05, 4.69) is 5.32 Å². The van der Waals surface area contributed by atoms with Gasteiger partial charge >= 0.3 is 0 Å². The summed E-state index contributed by atoms with van der Waals surface area (Å²) in [6.07, 6.45) is 0. The highest BCUT2D eigenvalue weighted by atomic mass is 16.3. The average Bonchev–Trinajstić information content (AvgIpc) is 2.21. The molecule has 0 radical (unpaired) electrons. The first kappa shape index (κ1) is 12.0. The smallest absolute Gasteiger partial charge is 0.120 e. The van der Waals surface area contributed by atoms with Gasteiger partial charge in [0.05, 0.1) is 6.61 Å². The number of hydrogen-bond donors (Lipinski definition) is 3. The molecule has 15 heavy (non-hydrogen) atoms. The van der Waals surface area contributed by atoms with Crippen LogP contribution in [0.1, 0.15) is 23.6 Å². The molecule has 1 aromatic carbocycles. The van der Waals surface area contributed by atoms with Crippen LogP contribution in [0.2, 0.25) is 0 Å². The number of nitrogens with one attached hydrogen (secondary N) is 1. The molecule has 84 valence electrons. The number of aliphatic hydroxyl groups is 1. The summed E-state index contributed by atoms with van der Waals surface area (Å²) in [5, 5.41) is 21.7. The van der Waals surface area contributed by atoms with Crippen molar-refractivity contribution in [1.82, 2.24) is 5.32 Å². The van der Waals surface area contributed by atoms with Crippen molar-refractivity contribution in [2.45, 2.75) is 33.4 Å². The fraction of sp³-hybridized carbons (Fsp3) is 0.500. The van der Waals surface area contributed by atoms with Crippen LogP contribution in [0.4, 0.5) is 0 Å². The molecular weight excluding hydrogens is 190 g/mol. The fourth-order valence-corrected chi connectivity index (χ4v) is 1.35. The van der Waals surface area contributed by atoms with Crippen LogP contribution in [0.25, 0.3) is 0 Å². The second kappa shape index (κ2) is 5.14. The monoisotopic (exact) mass is 209 g/mol. The van der Waals surface area contributed by atoms with Crippen LogP contribution < -0.4 is 5.32 Å². The van der Waals surface area contributed by atoms with E-state index in [0.717, 1.165) is 11.1 Å². The third-order valence-corrected chi connectivity index (χ3v) is 2.61. The number of benzene rings is 1. The highest BCUT2D eigenvalue weighted by Gasteiger charge is 2.05. The summed E-state index contributed by atoms with van der Waals surface area (Å²) in [5.74, 6) is 0.315. The van der Waals surface area contributed by atoms with Gasteiger partial charge < -0.3 is 15.5 Å². The largest absolute Gasteiger partial charge is 0.508 e. The Morgan fingerprint density at radius 2 is 1.87 bits per heavy atom. The second-order valence-corrected chi connectivity index (χ2v) is 4.03. The molecule has 0 aromatic heterocycles. The molecule has 0 fully saturated rings. The Morgan fingerprint density at radius 3 is 2.47 bits per heavy atom. The van der Waals surface area contributed by atoms with Crippen LogP contribution >= 0.6 is 0 Å². The van der Waals surface area contributed by atoms with Crippen molar-refractivity contribution in [3.8, 4) is 5.75 Å². The predicted molar refractivity (Wildman–Crippen MR) is 61.0 cm³/mol. The zero-order valence-electron chi connectivity index (χ0n) is 9.54. The molecule has 1 atom stereocenters.